The van der Waals surface area contributed by atoms with E-state index in [1.165, 1.54) is 0 Å². The molecule has 0 saturated carbocycles. The summed E-state index contributed by atoms with van der Waals surface area (Å²) in [6, 6.07) is 9.15. The number of aliphatic carboxylic acids is 1. The molecule has 0 heterocycles. The van der Waals surface area contributed by atoms with Crippen LogP contribution in [-0.4, -0.2) is 16.2 Å². The van der Waals surface area contributed by atoms with Crippen LogP contribution in [0.1, 0.15) is 45.6 Å². The average Bonchev–Trinajstić information content (AvgIpc) is 2.39. The Bertz CT molecular complexity index is 400. The van der Waals surface area contributed by atoms with Gasteiger partial charge < -0.3 is 10.2 Å². The first kappa shape index (κ1) is 15.7. The summed E-state index contributed by atoms with van der Waals surface area (Å²) in [5.41, 5.74) is -0.629. The number of carbonyl (C=O) groups is 1. The zero-order valence-corrected chi connectivity index (χ0v) is 12.0. The quantitative estimate of drug-likeness (QED) is 0.793. The van der Waals surface area contributed by atoms with Gasteiger partial charge in [0.15, 0.2) is 0 Å². The van der Waals surface area contributed by atoms with Crippen LogP contribution < -0.4 is 0 Å². The Morgan fingerprint density at radius 1 is 1.26 bits per heavy atom. The van der Waals surface area contributed by atoms with E-state index in [1.54, 1.807) is 0 Å². The van der Waals surface area contributed by atoms with E-state index >= 15 is 0 Å². The summed E-state index contributed by atoms with van der Waals surface area (Å²) in [4.78, 5) is 11.6. The lowest BCUT2D eigenvalue weighted by Gasteiger charge is -2.38. The summed E-state index contributed by atoms with van der Waals surface area (Å²) in [6.07, 6.45) is 2.22. The summed E-state index contributed by atoms with van der Waals surface area (Å²) in [7, 11) is 0. The van der Waals surface area contributed by atoms with Gasteiger partial charge in [-0.1, -0.05) is 63.9 Å². The van der Waals surface area contributed by atoms with E-state index in [0.29, 0.717) is 12.0 Å². The van der Waals surface area contributed by atoms with Crippen molar-refractivity contribution in [1.82, 2.24) is 0 Å². The highest BCUT2D eigenvalue weighted by molar-refractivity contribution is 5.72. The molecule has 2 atom stereocenters. The number of aliphatic hydroxyl groups is 1. The van der Waals surface area contributed by atoms with Crippen LogP contribution in [0.25, 0.3) is 0 Å². The SMILES string of the molecule is CCCCC(C(=O)O)C(O)(c1ccccc1)C(C)C. The second kappa shape index (κ2) is 6.71. The van der Waals surface area contributed by atoms with E-state index in [0.717, 1.165) is 12.8 Å². The zero-order chi connectivity index (χ0) is 14.5. The Morgan fingerprint density at radius 2 is 1.84 bits per heavy atom. The van der Waals surface area contributed by atoms with E-state index < -0.39 is 17.5 Å². The monoisotopic (exact) mass is 264 g/mol. The van der Waals surface area contributed by atoms with E-state index in [-0.39, 0.29) is 5.92 Å². The van der Waals surface area contributed by atoms with Crippen LogP contribution in [0.5, 0.6) is 0 Å². The Labute approximate surface area is 115 Å². The van der Waals surface area contributed by atoms with Gasteiger partial charge >= 0.3 is 5.97 Å². The van der Waals surface area contributed by atoms with Crippen LogP contribution in [0, 0.1) is 11.8 Å². The number of hydrogen-bond donors (Lipinski definition) is 2. The van der Waals surface area contributed by atoms with Gasteiger partial charge in [-0.2, -0.15) is 0 Å². The summed E-state index contributed by atoms with van der Waals surface area (Å²) in [6.45, 7) is 5.76. The van der Waals surface area contributed by atoms with Crippen molar-refractivity contribution in [1.29, 1.82) is 0 Å². The van der Waals surface area contributed by atoms with Crippen LogP contribution >= 0.6 is 0 Å². The lowest BCUT2D eigenvalue weighted by atomic mass is 9.72. The molecule has 0 aromatic heterocycles. The highest BCUT2D eigenvalue weighted by atomic mass is 16.4. The van der Waals surface area contributed by atoms with Gasteiger partial charge in [0.2, 0.25) is 0 Å². The Morgan fingerprint density at radius 3 is 2.26 bits per heavy atom. The molecule has 0 aliphatic heterocycles. The molecular formula is C16H24O3. The lowest BCUT2D eigenvalue weighted by molar-refractivity contribution is -0.158. The molecule has 1 aromatic carbocycles. The van der Waals surface area contributed by atoms with Gasteiger partial charge in [-0.15, -0.1) is 0 Å². The van der Waals surface area contributed by atoms with Crippen molar-refractivity contribution in [2.75, 3.05) is 0 Å². The number of carboxylic acid groups (broad SMARTS) is 1. The van der Waals surface area contributed by atoms with Crippen molar-refractivity contribution in [2.45, 2.75) is 45.6 Å². The molecule has 1 aromatic rings. The van der Waals surface area contributed by atoms with Crippen molar-refractivity contribution in [3.8, 4) is 0 Å². The highest BCUT2D eigenvalue weighted by Crippen LogP contribution is 2.39. The maximum absolute atomic E-state index is 11.6. The topological polar surface area (TPSA) is 57.5 Å². The smallest absolute Gasteiger partial charge is 0.309 e. The first-order valence-electron chi connectivity index (χ1n) is 6.95. The molecule has 2 unspecified atom stereocenters. The first-order chi connectivity index (χ1) is 8.94. The van der Waals surface area contributed by atoms with Crippen LogP contribution in [0.4, 0.5) is 0 Å². The fourth-order valence-corrected chi connectivity index (χ4v) is 2.58. The third-order valence-corrected chi connectivity index (χ3v) is 3.79. The summed E-state index contributed by atoms with van der Waals surface area (Å²) in [5.74, 6) is -1.85. The Balaban J connectivity index is 3.19. The van der Waals surface area contributed by atoms with E-state index in [9.17, 15) is 15.0 Å². The fourth-order valence-electron chi connectivity index (χ4n) is 2.58. The fraction of sp³-hybridized carbons (Fsp3) is 0.562. The van der Waals surface area contributed by atoms with Crippen molar-refractivity contribution >= 4 is 5.97 Å². The normalized spacial score (nSPS) is 16.1. The predicted molar refractivity (Wildman–Crippen MR) is 75.8 cm³/mol. The number of benzene rings is 1. The van der Waals surface area contributed by atoms with Crippen molar-refractivity contribution in [2.24, 2.45) is 11.8 Å². The van der Waals surface area contributed by atoms with Crippen molar-refractivity contribution in [3.63, 3.8) is 0 Å². The first-order valence-corrected chi connectivity index (χ1v) is 6.95. The lowest BCUT2D eigenvalue weighted by Crippen LogP contribution is -2.44. The molecule has 0 aliphatic carbocycles. The Hall–Kier alpha value is -1.35. The van der Waals surface area contributed by atoms with Crippen LogP contribution in [0.15, 0.2) is 30.3 Å². The van der Waals surface area contributed by atoms with Crippen LogP contribution in [-0.2, 0) is 10.4 Å². The second-order valence-electron chi connectivity index (χ2n) is 5.38. The number of unbranched alkanes of at least 4 members (excludes halogenated alkanes) is 1. The summed E-state index contributed by atoms with van der Waals surface area (Å²) in [5, 5.41) is 20.5. The van der Waals surface area contributed by atoms with Gasteiger partial charge in [0, 0.05) is 0 Å². The molecule has 3 nitrogen and oxygen atoms in total. The third kappa shape index (κ3) is 3.35. The third-order valence-electron chi connectivity index (χ3n) is 3.79. The van der Waals surface area contributed by atoms with E-state index in [4.69, 9.17) is 0 Å². The zero-order valence-electron chi connectivity index (χ0n) is 12.0. The van der Waals surface area contributed by atoms with Gasteiger partial charge in [-0.3, -0.25) is 4.79 Å². The molecule has 0 aliphatic rings. The van der Waals surface area contributed by atoms with Crippen LogP contribution in [0.3, 0.4) is 0 Å². The van der Waals surface area contributed by atoms with Crippen molar-refractivity contribution < 1.29 is 15.0 Å². The van der Waals surface area contributed by atoms with Crippen molar-refractivity contribution in [3.05, 3.63) is 35.9 Å². The molecule has 2 N–H and O–H groups in total. The Kier molecular flexibility index (Phi) is 5.55. The standard InChI is InChI=1S/C16H24O3/c1-4-5-11-14(15(17)18)16(19,12(2)3)13-9-7-6-8-10-13/h6-10,12,14,19H,4-5,11H2,1-3H3,(H,17,18). The number of carboxylic acids is 1. The molecule has 0 radical (unpaired) electrons. The second-order valence-corrected chi connectivity index (χ2v) is 5.38. The van der Waals surface area contributed by atoms with Crippen LogP contribution in [0.2, 0.25) is 0 Å². The predicted octanol–water partition coefficient (Wildman–Crippen LogP) is 3.42. The molecule has 19 heavy (non-hydrogen) atoms. The van der Waals surface area contributed by atoms with Gasteiger partial charge in [0.25, 0.3) is 0 Å². The highest BCUT2D eigenvalue weighted by Gasteiger charge is 2.44. The van der Waals surface area contributed by atoms with Gasteiger partial charge in [0.05, 0.1) is 5.92 Å². The van der Waals surface area contributed by atoms with Gasteiger partial charge in [-0.25, -0.2) is 0 Å². The summed E-state index contributed by atoms with van der Waals surface area (Å²) >= 11 is 0. The molecular weight excluding hydrogens is 240 g/mol. The van der Waals surface area contributed by atoms with E-state index in [1.807, 2.05) is 51.1 Å². The average molecular weight is 264 g/mol. The molecule has 3 heteroatoms. The minimum absolute atomic E-state index is 0.159. The van der Waals surface area contributed by atoms with Gasteiger partial charge in [0.1, 0.15) is 5.60 Å². The molecule has 0 fully saturated rings. The maximum Gasteiger partial charge on any atom is 0.309 e. The molecule has 0 amide bonds. The largest absolute Gasteiger partial charge is 0.481 e. The molecule has 0 saturated heterocycles. The molecule has 0 spiro atoms. The minimum Gasteiger partial charge on any atom is -0.481 e. The van der Waals surface area contributed by atoms with E-state index in [2.05, 4.69) is 0 Å². The molecule has 1 rings (SSSR count). The number of hydrogen-bond acceptors (Lipinski definition) is 2. The minimum atomic E-state index is -1.32. The van der Waals surface area contributed by atoms with Gasteiger partial charge in [-0.05, 0) is 17.9 Å². The molecule has 106 valence electrons. The maximum atomic E-state index is 11.6. The molecule has 0 bridgehead atoms. The summed E-state index contributed by atoms with van der Waals surface area (Å²) < 4.78 is 0. The number of rotatable bonds is 7.